The van der Waals surface area contributed by atoms with Gasteiger partial charge in [-0.05, 0) is 98.5 Å². The summed E-state index contributed by atoms with van der Waals surface area (Å²) in [5.74, 6) is 1.40. The second-order valence-electron chi connectivity index (χ2n) is 12.9. The predicted octanol–water partition coefficient (Wildman–Crippen LogP) is 7.22. The van der Waals surface area contributed by atoms with Crippen LogP contribution in [0, 0.1) is 31.1 Å². The number of H-pyrrole nitrogens is 1. The molecule has 2 aliphatic rings. The Labute approximate surface area is 267 Å². The van der Waals surface area contributed by atoms with Gasteiger partial charge in [-0.25, -0.2) is 15.0 Å². The van der Waals surface area contributed by atoms with Gasteiger partial charge in [-0.2, -0.15) is 5.26 Å². The quantitative estimate of drug-likeness (QED) is 0.215. The highest BCUT2D eigenvalue weighted by atomic mass is 16.1. The average Bonchev–Trinajstić information content (AvgIpc) is 3.83. The number of nitrogens with one attached hydrogen (secondary N) is 1. The topological polar surface area (TPSA) is 103 Å². The van der Waals surface area contributed by atoms with Crippen LogP contribution in [-0.4, -0.2) is 42.5 Å². The Morgan fingerprint density at radius 3 is 2.63 bits per heavy atom. The number of fused-ring (bicyclic) bond motifs is 2. The molecule has 46 heavy (non-hydrogen) atoms. The summed E-state index contributed by atoms with van der Waals surface area (Å²) in [6.45, 7) is 6.68. The van der Waals surface area contributed by atoms with E-state index in [1.807, 2.05) is 32.0 Å². The fraction of sp³-hybridized carbons (Fsp3) is 0.289. The van der Waals surface area contributed by atoms with Crippen LogP contribution in [0.3, 0.4) is 0 Å². The maximum atomic E-state index is 13.9. The van der Waals surface area contributed by atoms with Crippen LogP contribution >= 0.6 is 0 Å². The van der Waals surface area contributed by atoms with E-state index in [0.29, 0.717) is 17.1 Å². The summed E-state index contributed by atoms with van der Waals surface area (Å²) >= 11 is 0. The number of hydrogen-bond donors (Lipinski definition) is 1. The minimum absolute atomic E-state index is 0.0597. The van der Waals surface area contributed by atoms with Crippen LogP contribution in [0.2, 0.25) is 0 Å². The van der Waals surface area contributed by atoms with Crippen molar-refractivity contribution in [3.8, 4) is 34.3 Å². The highest BCUT2D eigenvalue weighted by molar-refractivity contribution is 5.95. The highest BCUT2D eigenvalue weighted by Gasteiger charge is 2.25. The standard InChI is InChI=1S/C38H35N7O/c1-23-30(6-3-7-35(23)45-24(2)42-34-17-29(27-12-13-27)14-15-31(34)38(45)46)36-32-18-33(43-37(32)41-22-40-36)28-10-8-25(9-11-28)20-44-16-4-5-26(19-39)21-44/h3,6-11,14-15,17-18,22,26-27H,4-5,12-13,16,20-21H2,1-2H3,(H,40,41,43). The van der Waals surface area contributed by atoms with E-state index in [1.54, 1.807) is 10.9 Å². The van der Waals surface area contributed by atoms with E-state index in [-0.39, 0.29) is 11.5 Å². The summed E-state index contributed by atoms with van der Waals surface area (Å²) in [6, 6.07) is 25.3. The smallest absolute Gasteiger partial charge is 0.265 e. The van der Waals surface area contributed by atoms with E-state index in [1.165, 1.54) is 24.0 Å². The fourth-order valence-electron chi connectivity index (χ4n) is 7.05. The lowest BCUT2D eigenvalue weighted by Crippen LogP contribution is -2.34. The number of nitrogens with zero attached hydrogens (tertiary/aromatic N) is 6. The number of nitriles is 1. The zero-order valence-corrected chi connectivity index (χ0v) is 26.1. The van der Waals surface area contributed by atoms with E-state index in [9.17, 15) is 10.1 Å². The first kappa shape index (κ1) is 28.4. The lowest BCUT2D eigenvalue weighted by atomic mass is 9.99. The third-order valence-corrected chi connectivity index (χ3v) is 9.70. The molecule has 1 N–H and O–H groups in total. The van der Waals surface area contributed by atoms with Gasteiger partial charge in [0, 0.05) is 29.7 Å². The number of piperidine rings is 1. The summed E-state index contributed by atoms with van der Waals surface area (Å²) in [7, 11) is 0. The molecule has 228 valence electrons. The Hall–Kier alpha value is -5.13. The molecule has 1 saturated carbocycles. The lowest BCUT2D eigenvalue weighted by Gasteiger charge is -2.29. The molecule has 4 heterocycles. The normalized spacial score (nSPS) is 17.0. The molecular formula is C38H35N7O. The van der Waals surface area contributed by atoms with Crippen LogP contribution in [0.4, 0.5) is 0 Å². The third kappa shape index (κ3) is 5.07. The Balaban J connectivity index is 1.13. The van der Waals surface area contributed by atoms with Crippen LogP contribution in [0.5, 0.6) is 0 Å². The molecule has 6 aromatic rings. The van der Waals surface area contributed by atoms with Crippen molar-refractivity contribution in [2.24, 2.45) is 5.92 Å². The van der Waals surface area contributed by atoms with E-state index in [4.69, 9.17) is 9.97 Å². The van der Waals surface area contributed by atoms with Gasteiger partial charge in [-0.15, -0.1) is 0 Å². The van der Waals surface area contributed by atoms with Crippen LogP contribution in [-0.2, 0) is 6.54 Å². The first-order chi connectivity index (χ1) is 22.5. The number of hydrogen-bond acceptors (Lipinski definition) is 6. The van der Waals surface area contributed by atoms with Crippen LogP contribution in [0.15, 0.2) is 77.9 Å². The van der Waals surface area contributed by atoms with Gasteiger partial charge in [0.2, 0.25) is 0 Å². The predicted molar refractivity (Wildman–Crippen MR) is 181 cm³/mol. The molecule has 8 rings (SSSR count). The molecular weight excluding hydrogens is 570 g/mol. The van der Waals surface area contributed by atoms with Crippen molar-refractivity contribution in [1.82, 2.24) is 29.4 Å². The Morgan fingerprint density at radius 2 is 1.83 bits per heavy atom. The minimum atomic E-state index is -0.0597. The SMILES string of the molecule is Cc1c(-c2ncnc3[nH]c(-c4ccc(CN5CCCC(C#N)C5)cc4)cc23)cccc1-n1c(C)nc2cc(C3CC3)ccc2c1=O. The molecule has 1 saturated heterocycles. The lowest BCUT2D eigenvalue weighted by molar-refractivity contribution is 0.192. The molecule has 3 aromatic heterocycles. The van der Waals surface area contributed by atoms with Gasteiger partial charge < -0.3 is 4.98 Å². The van der Waals surface area contributed by atoms with Crippen molar-refractivity contribution >= 4 is 21.9 Å². The highest BCUT2D eigenvalue weighted by Crippen LogP contribution is 2.40. The molecule has 0 bridgehead atoms. The number of rotatable bonds is 6. The number of aromatic nitrogens is 5. The van der Waals surface area contributed by atoms with Crippen molar-refractivity contribution in [2.75, 3.05) is 13.1 Å². The van der Waals surface area contributed by atoms with Crippen molar-refractivity contribution in [3.63, 3.8) is 0 Å². The van der Waals surface area contributed by atoms with Gasteiger partial charge in [0.1, 0.15) is 17.8 Å². The summed E-state index contributed by atoms with van der Waals surface area (Å²) in [6.07, 6.45) is 6.09. The zero-order chi connectivity index (χ0) is 31.4. The number of likely N-dealkylation sites (tertiary alicyclic amines) is 1. The maximum absolute atomic E-state index is 13.9. The molecule has 3 aromatic carbocycles. The van der Waals surface area contributed by atoms with Crippen LogP contribution in [0.25, 0.3) is 50.1 Å². The molecule has 8 nitrogen and oxygen atoms in total. The van der Waals surface area contributed by atoms with Crippen LogP contribution in [0.1, 0.15) is 54.1 Å². The summed E-state index contributed by atoms with van der Waals surface area (Å²) in [4.78, 5) is 33.9. The van der Waals surface area contributed by atoms with E-state index in [0.717, 1.165) is 82.8 Å². The number of aryl methyl sites for hydroxylation is 1. The van der Waals surface area contributed by atoms with Crippen LogP contribution < -0.4 is 5.56 Å². The summed E-state index contributed by atoms with van der Waals surface area (Å²) in [5, 5.41) is 10.9. The second-order valence-corrected chi connectivity index (χ2v) is 12.9. The van der Waals surface area contributed by atoms with Crippen molar-refractivity contribution in [1.29, 1.82) is 5.26 Å². The van der Waals surface area contributed by atoms with Crippen molar-refractivity contribution in [3.05, 3.63) is 106 Å². The van der Waals surface area contributed by atoms with Gasteiger partial charge >= 0.3 is 0 Å². The van der Waals surface area contributed by atoms with E-state index < -0.39 is 0 Å². The first-order valence-electron chi connectivity index (χ1n) is 16.2. The molecule has 1 aliphatic heterocycles. The largest absolute Gasteiger partial charge is 0.339 e. The van der Waals surface area contributed by atoms with Gasteiger partial charge in [0.15, 0.2) is 0 Å². The van der Waals surface area contributed by atoms with Crippen molar-refractivity contribution in [2.45, 2.75) is 52.0 Å². The fourth-order valence-corrected chi connectivity index (χ4v) is 7.05. The summed E-state index contributed by atoms with van der Waals surface area (Å²) < 4.78 is 1.73. The Kier molecular flexibility index (Phi) is 6.99. The van der Waals surface area contributed by atoms with Gasteiger partial charge in [0.25, 0.3) is 5.56 Å². The van der Waals surface area contributed by atoms with E-state index in [2.05, 4.69) is 69.5 Å². The number of benzene rings is 3. The molecule has 1 unspecified atom stereocenters. The average molecular weight is 606 g/mol. The molecule has 8 heteroatoms. The van der Waals surface area contributed by atoms with Gasteiger partial charge in [-0.3, -0.25) is 14.3 Å². The van der Waals surface area contributed by atoms with Gasteiger partial charge in [0.05, 0.1) is 34.3 Å². The van der Waals surface area contributed by atoms with E-state index >= 15 is 0 Å². The molecule has 2 fully saturated rings. The maximum Gasteiger partial charge on any atom is 0.265 e. The molecule has 0 radical (unpaired) electrons. The third-order valence-electron chi connectivity index (χ3n) is 9.70. The molecule has 1 aliphatic carbocycles. The molecule has 1 atom stereocenters. The minimum Gasteiger partial charge on any atom is -0.339 e. The van der Waals surface area contributed by atoms with Gasteiger partial charge in [-0.1, -0.05) is 42.5 Å². The summed E-state index contributed by atoms with van der Waals surface area (Å²) in [5.41, 5.74) is 9.53. The Morgan fingerprint density at radius 1 is 0.978 bits per heavy atom. The number of aromatic amines is 1. The monoisotopic (exact) mass is 605 g/mol. The molecule has 0 spiro atoms. The first-order valence-corrected chi connectivity index (χ1v) is 16.2. The molecule has 0 amide bonds. The Bertz CT molecular complexity index is 2220. The van der Waals surface area contributed by atoms with Crippen molar-refractivity contribution < 1.29 is 0 Å². The second kappa shape index (κ2) is 11.3. The zero-order valence-electron chi connectivity index (χ0n) is 26.1.